The van der Waals surface area contributed by atoms with E-state index in [1.54, 1.807) is 4.90 Å². The molecule has 2 aliphatic heterocycles. The lowest BCUT2D eigenvalue weighted by molar-refractivity contribution is -0.138. The SMILES string of the molecule is O=C(C1CN(c2ncc(C(F)(F)F)cc2F)CCO1)N1CCc2ccccc21. The molecule has 28 heavy (non-hydrogen) atoms. The Morgan fingerprint density at radius 3 is 2.75 bits per heavy atom. The first-order valence-corrected chi connectivity index (χ1v) is 8.83. The van der Waals surface area contributed by atoms with Crippen molar-refractivity contribution in [2.45, 2.75) is 18.7 Å². The molecule has 1 fully saturated rings. The van der Waals surface area contributed by atoms with E-state index in [2.05, 4.69) is 4.98 Å². The lowest BCUT2D eigenvalue weighted by atomic mass is 10.1. The predicted octanol–water partition coefficient (Wildman–Crippen LogP) is 3.03. The van der Waals surface area contributed by atoms with E-state index in [-0.39, 0.29) is 31.4 Å². The van der Waals surface area contributed by atoms with Gasteiger partial charge in [-0.15, -0.1) is 0 Å². The van der Waals surface area contributed by atoms with Crippen LogP contribution in [-0.2, 0) is 22.1 Å². The number of carbonyl (C=O) groups is 1. The molecule has 1 aromatic heterocycles. The normalized spacial score (nSPS) is 19.6. The van der Waals surface area contributed by atoms with Crippen LogP contribution in [0, 0.1) is 5.82 Å². The molecule has 0 aliphatic carbocycles. The van der Waals surface area contributed by atoms with E-state index in [1.165, 1.54) is 4.90 Å². The lowest BCUT2D eigenvalue weighted by Gasteiger charge is -2.35. The highest BCUT2D eigenvalue weighted by Gasteiger charge is 2.36. The highest BCUT2D eigenvalue weighted by molar-refractivity contribution is 5.98. The molecule has 1 unspecified atom stereocenters. The van der Waals surface area contributed by atoms with Gasteiger partial charge in [-0.05, 0) is 24.1 Å². The van der Waals surface area contributed by atoms with E-state index < -0.39 is 23.7 Å². The smallest absolute Gasteiger partial charge is 0.365 e. The fourth-order valence-electron chi connectivity index (χ4n) is 3.55. The zero-order chi connectivity index (χ0) is 19.9. The molecule has 1 amide bonds. The summed E-state index contributed by atoms with van der Waals surface area (Å²) in [6.45, 7) is 0.932. The molecule has 2 aliphatic rings. The lowest BCUT2D eigenvalue weighted by Crippen LogP contribution is -2.51. The minimum atomic E-state index is -4.67. The maximum Gasteiger partial charge on any atom is 0.417 e. The zero-order valence-electron chi connectivity index (χ0n) is 14.7. The molecule has 3 heterocycles. The van der Waals surface area contributed by atoms with Crippen molar-refractivity contribution in [1.82, 2.24) is 4.98 Å². The van der Waals surface area contributed by atoms with Crippen LogP contribution in [0.5, 0.6) is 0 Å². The van der Waals surface area contributed by atoms with E-state index in [0.29, 0.717) is 18.8 Å². The fourth-order valence-corrected chi connectivity index (χ4v) is 3.55. The zero-order valence-corrected chi connectivity index (χ0v) is 14.7. The third-order valence-electron chi connectivity index (χ3n) is 4.94. The van der Waals surface area contributed by atoms with Crippen LogP contribution in [0.3, 0.4) is 0 Å². The highest BCUT2D eigenvalue weighted by Crippen LogP contribution is 2.32. The van der Waals surface area contributed by atoms with Crippen LogP contribution < -0.4 is 9.80 Å². The van der Waals surface area contributed by atoms with Crippen molar-refractivity contribution in [1.29, 1.82) is 0 Å². The quantitative estimate of drug-likeness (QED) is 0.734. The Morgan fingerprint density at radius 1 is 1.21 bits per heavy atom. The number of hydrogen-bond donors (Lipinski definition) is 0. The van der Waals surface area contributed by atoms with E-state index in [4.69, 9.17) is 4.74 Å². The monoisotopic (exact) mass is 395 g/mol. The summed E-state index contributed by atoms with van der Waals surface area (Å²) in [4.78, 5) is 19.7. The van der Waals surface area contributed by atoms with E-state index in [1.807, 2.05) is 24.3 Å². The number of aromatic nitrogens is 1. The van der Waals surface area contributed by atoms with Gasteiger partial charge in [0.15, 0.2) is 17.7 Å². The molecule has 0 bridgehead atoms. The second kappa shape index (κ2) is 7.05. The minimum absolute atomic E-state index is 0.0206. The van der Waals surface area contributed by atoms with Crippen molar-refractivity contribution in [3.63, 3.8) is 0 Å². The van der Waals surface area contributed by atoms with E-state index in [9.17, 15) is 22.4 Å². The summed E-state index contributed by atoms with van der Waals surface area (Å²) in [6.07, 6.45) is -4.17. The number of amides is 1. The average Bonchev–Trinajstić information content (AvgIpc) is 3.11. The van der Waals surface area contributed by atoms with Crippen LogP contribution in [-0.4, -0.2) is 43.2 Å². The van der Waals surface area contributed by atoms with E-state index >= 15 is 0 Å². The molecule has 0 N–H and O–H groups in total. The van der Waals surface area contributed by atoms with Crippen molar-refractivity contribution < 1.29 is 27.1 Å². The van der Waals surface area contributed by atoms with Gasteiger partial charge in [0.1, 0.15) is 0 Å². The largest absolute Gasteiger partial charge is 0.417 e. The summed E-state index contributed by atoms with van der Waals surface area (Å²) in [5, 5.41) is 0. The molecule has 0 radical (unpaired) electrons. The van der Waals surface area contributed by atoms with Gasteiger partial charge < -0.3 is 14.5 Å². The molecule has 1 aromatic carbocycles. The van der Waals surface area contributed by atoms with Crippen molar-refractivity contribution in [2.75, 3.05) is 36.0 Å². The van der Waals surface area contributed by atoms with E-state index in [0.717, 1.165) is 17.7 Å². The second-order valence-electron chi connectivity index (χ2n) is 6.70. The van der Waals surface area contributed by atoms with Gasteiger partial charge in [0.05, 0.1) is 18.7 Å². The molecule has 1 atom stereocenters. The molecule has 2 aromatic rings. The summed E-state index contributed by atoms with van der Waals surface area (Å²) < 4.78 is 58.0. The Morgan fingerprint density at radius 2 is 2.00 bits per heavy atom. The first-order valence-electron chi connectivity index (χ1n) is 8.83. The van der Waals surface area contributed by atoms with Gasteiger partial charge in [-0.1, -0.05) is 18.2 Å². The Bertz CT molecular complexity index is 903. The van der Waals surface area contributed by atoms with Crippen LogP contribution in [0.1, 0.15) is 11.1 Å². The van der Waals surface area contributed by atoms with Crippen molar-refractivity contribution in [3.05, 3.63) is 53.5 Å². The third kappa shape index (κ3) is 3.42. The number of ether oxygens (including phenoxy) is 1. The van der Waals surface area contributed by atoms with Crippen LogP contribution in [0.2, 0.25) is 0 Å². The van der Waals surface area contributed by atoms with Crippen LogP contribution in [0.25, 0.3) is 0 Å². The topological polar surface area (TPSA) is 45.7 Å². The highest BCUT2D eigenvalue weighted by atomic mass is 19.4. The number of fused-ring (bicyclic) bond motifs is 1. The number of morpholine rings is 1. The van der Waals surface area contributed by atoms with Crippen molar-refractivity contribution in [3.8, 4) is 0 Å². The number of anilines is 2. The van der Waals surface area contributed by atoms with Crippen molar-refractivity contribution >= 4 is 17.4 Å². The van der Waals surface area contributed by atoms with Crippen LogP contribution >= 0.6 is 0 Å². The molecule has 148 valence electrons. The summed E-state index contributed by atoms with van der Waals surface area (Å²) in [5.41, 5.74) is 0.745. The van der Waals surface area contributed by atoms with Gasteiger partial charge in [0, 0.05) is 25.0 Å². The summed E-state index contributed by atoms with van der Waals surface area (Å²) in [5.74, 6) is -1.53. The molecule has 0 saturated carbocycles. The number of para-hydroxylation sites is 1. The number of nitrogens with zero attached hydrogens (tertiary/aromatic N) is 3. The Hall–Kier alpha value is -2.68. The van der Waals surface area contributed by atoms with Gasteiger partial charge in [0.2, 0.25) is 0 Å². The molecular weight excluding hydrogens is 378 g/mol. The molecular formula is C19H17F4N3O2. The Labute approximate surface area is 158 Å². The molecule has 5 nitrogen and oxygen atoms in total. The Kier molecular flexibility index (Phi) is 4.70. The fraction of sp³-hybridized carbons (Fsp3) is 0.368. The molecule has 1 saturated heterocycles. The Balaban J connectivity index is 1.52. The number of pyridine rings is 1. The first-order chi connectivity index (χ1) is 13.3. The van der Waals surface area contributed by atoms with Gasteiger partial charge in [-0.2, -0.15) is 13.2 Å². The maximum absolute atomic E-state index is 14.3. The standard InChI is InChI=1S/C19H17F4N3O2/c20-14-9-13(19(21,22)23)10-24-17(14)25-7-8-28-16(11-25)18(27)26-6-5-12-3-1-2-4-15(12)26/h1-4,9-10,16H,5-8,11H2. The number of benzene rings is 1. The maximum atomic E-state index is 14.3. The number of carbonyl (C=O) groups excluding carboxylic acids is 1. The average molecular weight is 395 g/mol. The van der Waals surface area contributed by atoms with Crippen LogP contribution in [0.4, 0.5) is 29.1 Å². The van der Waals surface area contributed by atoms with Gasteiger partial charge >= 0.3 is 6.18 Å². The number of alkyl halides is 3. The molecule has 9 heteroatoms. The summed E-state index contributed by atoms with van der Waals surface area (Å²) in [6, 6.07) is 7.99. The number of hydrogen-bond acceptors (Lipinski definition) is 4. The van der Waals surface area contributed by atoms with Crippen LogP contribution in [0.15, 0.2) is 36.5 Å². The number of halogens is 4. The van der Waals surface area contributed by atoms with Gasteiger partial charge in [-0.3, -0.25) is 4.79 Å². The predicted molar refractivity (Wildman–Crippen MR) is 93.6 cm³/mol. The third-order valence-corrected chi connectivity index (χ3v) is 4.94. The number of rotatable bonds is 2. The van der Waals surface area contributed by atoms with Gasteiger partial charge in [-0.25, -0.2) is 9.37 Å². The summed E-state index contributed by atoms with van der Waals surface area (Å²) in [7, 11) is 0. The van der Waals surface area contributed by atoms with Gasteiger partial charge in [0.25, 0.3) is 5.91 Å². The molecule has 4 rings (SSSR count). The molecule has 0 spiro atoms. The minimum Gasteiger partial charge on any atom is -0.365 e. The van der Waals surface area contributed by atoms with Crippen molar-refractivity contribution in [2.24, 2.45) is 0 Å². The second-order valence-corrected chi connectivity index (χ2v) is 6.70. The summed E-state index contributed by atoms with van der Waals surface area (Å²) >= 11 is 0. The first kappa shape index (κ1) is 18.7.